The van der Waals surface area contributed by atoms with Gasteiger partial charge in [-0.2, -0.15) is 0 Å². The second kappa shape index (κ2) is 8.65. The van der Waals surface area contributed by atoms with E-state index in [2.05, 4.69) is 19.2 Å². The van der Waals surface area contributed by atoms with Crippen molar-refractivity contribution in [3.63, 3.8) is 0 Å². The lowest BCUT2D eigenvalue weighted by Crippen LogP contribution is -2.50. The maximum Gasteiger partial charge on any atom is 0.253 e. The standard InChI is InChI=1S/C19H27N3O3/c1-14(2)8-9-20-18(24)16-4-6-17(7-5-16)19(25)22-12-10-21(11-13-22)15(3)23/h4-7,14H,8-13H2,1-3H3,(H,20,24). The lowest BCUT2D eigenvalue weighted by molar-refractivity contribution is -0.130. The molecule has 1 aliphatic heterocycles. The average molecular weight is 345 g/mol. The van der Waals surface area contributed by atoms with Gasteiger partial charge in [0.05, 0.1) is 0 Å². The van der Waals surface area contributed by atoms with Crippen molar-refractivity contribution in [2.75, 3.05) is 32.7 Å². The van der Waals surface area contributed by atoms with E-state index in [1.807, 2.05) is 0 Å². The summed E-state index contributed by atoms with van der Waals surface area (Å²) >= 11 is 0. The molecule has 0 unspecified atom stereocenters. The number of hydrogen-bond acceptors (Lipinski definition) is 3. The maximum absolute atomic E-state index is 12.5. The second-order valence-corrected chi connectivity index (χ2v) is 6.81. The number of amides is 3. The van der Waals surface area contributed by atoms with Crippen molar-refractivity contribution in [3.05, 3.63) is 35.4 Å². The SMILES string of the molecule is CC(=O)N1CCN(C(=O)c2ccc(C(=O)NCCC(C)C)cc2)CC1. The Labute approximate surface area is 149 Å². The van der Waals surface area contributed by atoms with Crippen molar-refractivity contribution in [2.45, 2.75) is 27.2 Å². The number of piperazine rings is 1. The fraction of sp³-hybridized carbons (Fsp3) is 0.526. The van der Waals surface area contributed by atoms with Crippen LogP contribution in [0.25, 0.3) is 0 Å². The van der Waals surface area contributed by atoms with Crippen LogP contribution in [0.4, 0.5) is 0 Å². The van der Waals surface area contributed by atoms with Crippen molar-refractivity contribution < 1.29 is 14.4 Å². The topological polar surface area (TPSA) is 69.7 Å². The van der Waals surface area contributed by atoms with Crippen LogP contribution in [0, 0.1) is 5.92 Å². The first-order chi connectivity index (χ1) is 11.9. The molecule has 6 heteroatoms. The quantitative estimate of drug-likeness (QED) is 0.884. The van der Waals surface area contributed by atoms with Crippen LogP contribution < -0.4 is 5.32 Å². The molecule has 0 bridgehead atoms. The lowest BCUT2D eigenvalue weighted by atomic mass is 10.1. The molecular weight excluding hydrogens is 318 g/mol. The summed E-state index contributed by atoms with van der Waals surface area (Å²) < 4.78 is 0. The Morgan fingerprint density at radius 3 is 2.00 bits per heavy atom. The summed E-state index contributed by atoms with van der Waals surface area (Å²) in [6, 6.07) is 6.75. The highest BCUT2D eigenvalue weighted by atomic mass is 16.2. The van der Waals surface area contributed by atoms with E-state index in [-0.39, 0.29) is 17.7 Å². The molecule has 1 aromatic rings. The fourth-order valence-electron chi connectivity index (χ4n) is 2.75. The van der Waals surface area contributed by atoms with Gasteiger partial charge < -0.3 is 15.1 Å². The summed E-state index contributed by atoms with van der Waals surface area (Å²) in [7, 11) is 0. The van der Waals surface area contributed by atoms with Gasteiger partial charge in [0, 0.05) is 50.8 Å². The average Bonchev–Trinajstić information content (AvgIpc) is 2.61. The van der Waals surface area contributed by atoms with Crippen LogP contribution in [0.5, 0.6) is 0 Å². The Morgan fingerprint density at radius 1 is 0.960 bits per heavy atom. The third kappa shape index (κ3) is 5.31. The van der Waals surface area contributed by atoms with E-state index < -0.39 is 0 Å². The molecule has 0 aliphatic carbocycles. The van der Waals surface area contributed by atoms with Gasteiger partial charge in [-0.05, 0) is 36.6 Å². The molecule has 0 spiro atoms. The molecule has 0 saturated carbocycles. The van der Waals surface area contributed by atoms with Crippen LogP contribution in [0.15, 0.2) is 24.3 Å². The van der Waals surface area contributed by atoms with Gasteiger partial charge in [0.15, 0.2) is 0 Å². The van der Waals surface area contributed by atoms with E-state index in [1.165, 1.54) is 0 Å². The monoisotopic (exact) mass is 345 g/mol. The smallest absolute Gasteiger partial charge is 0.253 e. The predicted molar refractivity (Wildman–Crippen MR) is 96.4 cm³/mol. The highest BCUT2D eigenvalue weighted by Crippen LogP contribution is 2.11. The molecule has 1 heterocycles. The van der Waals surface area contributed by atoms with E-state index in [0.29, 0.717) is 49.8 Å². The number of rotatable bonds is 5. The molecule has 136 valence electrons. The maximum atomic E-state index is 12.5. The molecule has 1 aliphatic rings. The van der Waals surface area contributed by atoms with E-state index in [4.69, 9.17) is 0 Å². The number of carbonyl (C=O) groups is 3. The van der Waals surface area contributed by atoms with Crippen LogP contribution >= 0.6 is 0 Å². The number of nitrogens with one attached hydrogen (secondary N) is 1. The Bertz CT molecular complexity index is 617. The number of nitrogens with zero attached hydrogens (tertiary/aromatic N) is 2. The summed E-state index contributed by atoms with van der Waals surface area (Å²) in [5.41, 5.74) is 1.12. The molecule has 0 aromatic heterocycles. The lowest BCUT2D eigenvalue weighted by Gasteiger charge is -2.34. The number of carbonyl (C=O) groups excluding carboxylic acids is 3. The Hall–Kier alpha value is -2.37. The minimum absolute atomic E-state index is 0.0416. The molecule has 1 saturated heterocycles. The zero-order chi connectivity index (χ0) is 18.4. The third-order valence-electron chi connectivity index (χ3n) is 4.41. The first-order valence-electron chi connectivity index (χ1n) is 8.81. The summed E-state index contributed by atoms with van der Waals surface area (Å²) in [4.78, 5) is 39.4. The summed E-state index contributed by atoms with van der Waals surface area (Å²) in [5.74, 6) is 0.411. The highest BCUT2D eigenvalue weighted by Gasteiger charge is 2.23. The Kier molecular flexibility index (Phi) is 6.56. The highest BCUT2D eigenvalue weighted by molar-refractivity contribution is 5.97. The van der Waals surface area contributed by atoms with Gasteiger partial charge in [0.1, 0.15) is 0 Å². The molecule has 1 fully saturated rings. The van der Waals surface area contributed by atoms with Crippen molar-refractivity contribution in [1.29, 1.82) is 0 Å². The van der Waals surface area contributed by atoms with Crippen molar-refractivity contribution in [2.24, 2.45) is 5.92 Å². The van der Waals surface area contributed by atoms with E-state index >= 15 is 0 Å². The van der Waals surface area contributed by atoms with E-state index in [0.717, 1.165) is 6.42 Å². The van der Waals surface area contributed by atoms with Gasteiger partial charge in [-0.1, -0.05) is 13.8 Å². The van der Waals surface area contributed by atoms with Crippen molar-refractivity contribution >= 4 is 17.7 Å². The Balaban J connectivity index is 1.90. The molecule has 6 nitrogen and oxygen atoms in total. The summed E-state index contributed by atoms with van der Waals surface area (Å²) in [5, 5.41) is 2.89. The summed E-state index contributed by atoms with van der Waals surface area (Å²) in [6.07, 6.45) is 0.939. The van der Waals surface area contributed by atoms with Crippen molar-refractivity contribution in [3.8, 4) is 0 Å². The van der Waals surface area contributed by atoms with Crippen LogP contribution in [0.2, 0.25) is 0 Å². The molecule has 1 aromatic carbocycles. The van der Waals surface area contributed by atoms with Gasteiger partial charge in [-0.25, -0.2) is 0 Å². The normalized spacial score (nSPS) is 14.6. The first-order valence-corrected chi connectivity index (χ1v) is 8.81. The molecular formula is C19H27N3O3. The minimum Gasteiger partial charge on any atom is -0.352 e. The van der Waals surface area contributed by atoms with Gasteiger partial charge in [-0.3, -0.25) is 14.4 Å². The molecule has 0 radical (unpaired) electrons. The number of benzene rings is 1. The van der Waals surface area contributed by atoms with Crippen LogP contribution in [-0.2, 0) is 4.79 Å². The fourth-order valence-corrected chi connectivity index (χ4v) is 2.75. The van der Waals surface area contributed by atoms with Gasteiger partial charge in [0.25, 0.3) is 11.8 Å². The Morgan fingerprint density at radius 2 is 1.48 bits per heavy atom. The van der Waals surface area contributed by atoms with Gasteiger partial charge in [0.2, 0.25) is 5.91 Å². The van der Waals surface area contributed by atoms with Crippen LogP contribution in [0.3, 0.4) is 0 Å². The number of hydrogen-bond donors (Lipinski definition) is 1. The minimum atomic E-state index is -0.116. The second-order valence-electron chi connectivity index (χ2n) is 6.81. The van der Waals surface area contributed by atoms with Crippen LogP contribution in [0.1, 0.15) is 47.9 Å². The van der Waals surface area contributed by atoms with Crippen molar-refractivity contribution in [1.82, 2.24) is 15.1 Å². The molecule has 1 N–H and O–H groups in total. The molecule has 2 rings (SSSR count). The zero-order valence-corrected chi connectivity index (χ0v) is 15.2. The molecule has 3 amide bonds. The largest absolute Gasteiger partial charge is 0.352 e. The van der Waals surface area contributed by atoms with E-state index in [1.54, 1.807) is 41.0 Å². The van der Waals surface area contributed by atoms with Crippen LogP contribution in [-0.4, -0.2) is 60.2 Å². The zero-order valence-electron chi connectivity index (χ0n) is 15.2. The summed E-state index contributed by atoms with van der Waals surface area (Å²) in [6.45, 7) is 8.63. The van der Waals surface area contributed by atoms with Gasteiger partial charge in [-0.15, -0.1) is 0 Å². The predicted octanol–water partition coefficient (Wildman–Crippen LogP) is 1.77. The van der Waals surface area contributed by atoms with Gasteiger partial charge >= 0.3 is 0 Å². The molecule has 0 atom stereocenters. The molecule has 25 heavy (non-hydrogen) atoms. The third-order valence-corrected chi connectivity index (χ3v) is 4.41. The van der Waals surface area contributed by atoms with E-state index in [9.17, 15) is 14.4 Å². The first kappa shape index (κ1) is 19.0.